The second-order valence-electron chi connectivity index (χ2n) is 6.31. The molecule has 1 aromatic heterocycles. The summed E-state index contributed by atoms with van der Waals surface area (Å²) in [6, 6.07) is 4.33. The number of hydrogen-bond donors (Lipinski definition) is 1. The molecular formula is C17H29N3. The summed E-state index contributed by atoms with van der Waals surface area (Å²) in [7, 11) is 0. The number of aromatic nitrogens is 1. The molecule has 1 unspecified atom stereocenters. The molecule has 2 N–H and O–H groups in total. The molecule has 0 radical (unpaired) electrons. The van der Waals surface area contributed by atoms with E-state index in [1.165, 1.54) is 36.9 Å². The van der Waals surface area contributed by atoms with Gasteiger partial charge in [-0.25, -0.2) is 4.98 Å². The molecule has 0 spiro atoms. The van der Waals surface area contributed by atoms with Crippen LogP contribution in [0.15, 0.2) is 12.1 Å². The minimum Gasteiger partial charge on any atom is -0.357 e. The SMILES string of the molecule is CCC1CCCN(c2cc(CN)cc(C(C)C)n2)CC1. The summed E-state index contributed by atoms with van der Waals surface area (Å²) in [6.07, 6.45) is 5.24. The molecule has 0 bridgehead atoms. The predicted octanol–water partition coefficient (Wildman–Crippen LogP) is 3.68. The van der Waals surface area contributed by atoms with Crippen LogP contribution in [0.2, 0.25) is 0 Å². The first-order valence-electron chi connectivity index (χ1n) is 8.10. The predicted molar refractivity (Wildman–Crippen MR) is 86.1 cm³/mol. The molecule has 0 saturated carbocycles. The van der Waals surface area contributed by atoms with E-state index in [0.717, 1.165) is 24.8 Å². The molecule has 3 heteroatoms. The number of nitrogens with zero attached hydrogens (tertiary/aromatic N) is 2. The van der Waals surface area contributed by atoms with Crippen molar-refractivity contribution < 1.29 is 0 Å². The molecule has 1 fully saturated rings. The van der Waals surface area contributed by atoms with E-state index in [2.05, 4.69) is 37.8 Å². The fourth-order valence-electron chi connectivity index (χ4n) is 2.97. The first-order valence-corrected chi connectivity index (χ1v) is 8.10. The van der Waals surface area contributed by atoms with E-state index in [-0.39, 0.29) is 0 Å². The summed E-state index contributed by atoms with van der Waals surface area (Å²) >= 11 is 0. The highest BCUT2D eigenvalue weighted by Crippen LogP contribution is 2.25. The van der Waals surface area contributed by atoms with Gasteiger partial charge in [0.1, 0.15) is 5.82 Å². The average Bonchev–Trinajstić information content (AvgIpc) is 2.72. The smallest absolute Gasteiger partial charge is 0.129 e. The van der Waals surface area contributed by atoms with Gasteiger partial charge >= 0.3 is 0 Å². The molecule has 1 aromatic rings. The van der Waals surface area contributed by atoms with Gasteiger partial charge in [0, 0.05) is 25.3 Å². The molecular weight excluding hydrogens is 246 g/mol. The van der Waals surface area contributed by atoms with Crippen molar-refractivity contribution in [2.75, 3.05) is 18.0 Å². The fraction of sp³-hybridized carbons (Fsp3) is 0.706. The van der Waals surface area contributed by atoms with Crippen LogP contribution in [-0.4, -0.2) is 18.1 Å². The van der Waals surface area contributed by atoms with E-state index in [9.17, 15) is 0 Å². The quantitative estimate of drug-likeness (QED) is 0.911. The van der Waals surface area contributed by atoms with Gasteiger partial charge in [-0.2, -0.15) is 0 Å². The largest absolute Gasteiger partial charge is 0.357 e. The van der Waals surface area contributed by atoms with Crippen LogP contribution in [0.1, 0.15) is 63.6 Å². The third kappa shape index (κ3) is 3.72. The summed E-state index contributed by atoms with van der Waals surface area (Å²) in [5.74, 6) is 2.48. The van der Waals surface area contributed by atoms with E-state index in [0.29, 0.717) is 12.5 Å². The summed E-state index contributed by atoms with van der Waals surface area (Å²) in [5, 5.41) is 0. The Morgan fingerprint density at radius 3 is 2.75 bits per heavy atom. The summed E-state index contributed by atoms with van der Waals surface area (Å²) in [5.41, 5.74) is 8.22. The first kappa shape index (κ1) is 15.3. The normalized spacial score (nSPS) is 20.2. The van der Waals surface area contributed by atoms with Gasteiger partial charge in [-0.1, -0.05) is 27.2 Å². The zero-order valence-corrected chi connectivity index (χ0v) is 13.2. The minimum atomic E-state index is 0.454. The van der Waals surface area contributed by atoms with Crippen molar-refractivity contribution in [3.8, 4) is 0 Å². The highest BCUT2D eigenvalue weighted by molar-refractivity contribution is 5.43. The van der Waals surface area contributed by atoms with Gasteiger partial charge < -0.3 is 10.6 Å². The molecule has 1 saturated heterocycles. The van der Waals surface area contributed by atoms with Crippen LogP contribution in [0.4, 0.5) is 5.82 Å². The van der Waals surface area contributed by atoms with E-state index < -0.39 is 0 Å². The van der Waals surface area contributed by atoms with E-state index in [4.69, 9.17) is 10.7 Å². The van der Waals surface area contributed by atoms with Crippen LogP contribution in [0.25, 0.3) is 0 Å². The van der Waals surface area contributed by atoms with Crippen molar-refractivity contribution >= 4 is 5.82 Å². The third-order valence-electron chi connectivity index (χ3n) is 4.47. The van der Waals surface area contributed by atoms with Gasteiger partial charge in [0.15, 0.2) is 0 Å². The van der Waals surface area contributed by atoms with Gasteiger partial charge in [-0.15, -0.1) is 0 Å². The monoisotopic (exact) mass is 275 g/mol. The molecule has 2 rings (SSSR count). The molecule has 20 heavy (non-hydrogen) atoms. The number of nitrogens with two attached hydrogens (primary N) is 1. The third-order valence-corrected chi connectivity index (χ3v) is 4.47. The lowest BCUT2D eigenvalue weighted by molar-refractivity contribution is 0.459. The molecule has 0 aliphatic carbocycles. The maximum Gasteiger partial charge on any atom is 0.129 e. The van der Waals surface area contributed by atoms with E-state index in [1.54, 1.807) is 0 Å². The van der Waals surface area contributed by atoms with Crippen LogP contribution in [0.5, 0.6) is 0 Å². The number of pyridine rings is 1. The van der Waals surface area contributed by atoms with Gasteiger partial charge in [0.2, 0.25) is 0 Å². The Hall–Kier alpha value is -1.09. The van der Waals surface area contributed by atoms with E-state index in [1.807, 2.05) is 0 Å². The van der Waals surface area contributed by atoms with Crippen LogP contribution in [0, 0.1) is 5.92 Å². The second kappa shape index (κ2) is 7.07. The Bertz CT molecular complexity index is 428. The molecule has 0 aromatic carbocycles. The molecule has 1 atom stereocenters. The highest BCUT2D eigenvalue weighted by Gasteiger charge is 2.18. The van der Waals surface area contributed by atoms with Crippen molar-refractivity contribution in [1.29, 1.82) is 0 Å². The zero-order valence-electron chi connectivity index (χ0n) is 13.2. The number of rotatable bonds is 4. The van der Waals surface area contributed by atoms with Gasteiger partial charge in [0.05, 0.1) is 0 Å². The Kier molecular flexibility index (Phi) is 5.41. The van der Waals surface area contributed by atoms with Crippen LogP contribution in [0.3, 0.4) is 0 Å². The maximum atomic E-state index is 5.85. The highest BCUT2D eigenvalue weighted by atomic mass is 15.2. The number of hydrogen-bond acceptors (Lipinski definition) is 3. The van der Waals surface area contributed by atoms with Crippen LogP contribution < -0.4 is 10.6 Å². The lowest BCUT2D eigenvalue weighted by Crippen LogP contribution is -2.26. The van der Waals surface area contributed by atoms with Crippen molar-refractivity contribution in [2.24, 2.45) is 11.7 Å². The van der Waals surface area contributed by atoms with Crippen molar-refractivity contribution in [3.63, 3.8) is 0 Å². The zero-order chi connectivity index (χ0) is 14.5. The summed E-state index contributed by atoms with van der Waals surface area (Å²) in [6.45, 7) is 9.57. The van der Waals surface area contributed by atoms with Crippen LogP contribution >= 0.6 is 0 Å². The summed E-state index contributed by atoms with van der Waals surface area (Å²) in [4.78, 5) is 7.33. The van der Waals surface area contributed by atoms with Gasteiger partial charge in [-0.3, -0.25) is 0 Å². The molecule has 3 nitrogen and oxygen atoms in total. The lowest BCUT2D eigenvalue weighted by atomic mass is 9.98. The molecule has 0 amide bonds. The van der Waals surface area contributed by atoms with Crippen molar-refractivity contribution in [3.05, 3.63) is 23.4 Å². The lowest BCUT2D eigenvalue weighted by Gasteiger charge is -2.23. The Morgan fingerprint density at radius 2 is 2.10 bits per heavy atom. The van der Waals surface area contributed by atoms with Crippen molar-refractivity contribution in [1.82, 2.24) is 4.98 Å². The van der Waals surface area contributed by atoms with Gasteiger partial charge in [-0.05, 0) is 48.8 Å². The second-order valence-corrected chi connectivity index (χ2v) is 6.31. The average molecular weight is 275 g/mol. The van der Waals surface area contributed by atoms with Gasteiger partial charge in [0.25, 0.3) is 0 Å². The Labute approximate surface area is 123 Å². The topological polar surface area (TPSA) is 42.1 Å². The molecule has 1 aliphatic heterocycles. The maximum absolute atomic E-state index is 5.85. The molecule has 112 valence electrons. The summed E-state index contributed by atoms with van der Waals surface area (Å²) < 4.78 is 0. The Morgan fingerprint density at radius 1 is 1.30 bits per heavy atom. The Balaban J connectivity index is 2.20. The standard InChI is InChI=1S/C17H29N3/c1-4-14-6-5-8-20(9-7-14)17-11-15(12-18)10-16(19-17)13(2)3/h10-11,13-14H,4-9,12,18H2,1-3H3. The molecule has 1 aliphatic rings. The first-order chi connectivity index (χ1) is 9.63. The van der Waals surface area contributed by atoms with E-state index >= 15 is 0 Å². The number of anilines is 1. The molecule has 2 heterocycles. The van der Waals surface area contributed by atoms with Crippen LogP contribution in [-0.2, 0) is 6.54 Å². The van der Waals surface area contributed by atoms with Crippen molar-refractivity contribution in [2.45, 2.75) is 58.9 Å². The minimum absolute atomic E-state index is 0.454. The fourth-order valence-corrected chi connectivity index (χ4v) is 2.97.